The number of anilines is 2. The summed E-state index contributed by atoms with van der Waals surface area (Å²) < 4.78 is 4.70. The summed E-state index contributed by atoms with van der Waals surface area (Å²) in [5.41, 5.74) is 13.4. The van der Waals surface area contributed by atoms with Gasteiger partial charge in [-0.05, 0) is 35.0 Å². The highest BCUT2D eigenvalue weighted by Gasteiger charge is 2.35. The van der Waals surface area contributed by atoms with Crippen LogP contribution in [0.2, 0.25) is 0 Å². The highest BCUT2D eigenvalue weighted by atomic mass is 16.4. The molecule has 0 fully saturated rings. The van der Waals surface area contributed by atoms with Crippen molar-refractivity contribution >= 4 is 52.8 Å². The number of hydrogen-bond acceptors (Lipinski definition) is 17. The molecular weight excluding hydrogens is 815 g/mol. The fourth-order valence-corrected chi connectivity index (χ4v) is 6.18. The van der Waals surface area contributed by atoms with Crippen LogP contribution in [-0.4, -0.2) is 88.3 Å². The van der Waals surface area contributed by atoms with Crippen molar-refractivity contribution in [3.05, 3.63) is 99.8 Å². The Bertz CT molecular complexity index is 3070. The van der Waals surface area contributed by atoms with Gasteiger partial charge in [-0.3, -0.25) is 0 Å². The monoisotopic (exact) mass is 850 g/mol. The third-order valence-electron chi connectivity index (χ3n) is 9.22. The molecule has 6 aromatic rings. The van der Waals surface area contributed by atoms with Crippen molar-refractivity contribution in [2.75, 3.05) is 11.5 Å². The third kappa shape index (κ3) is 8.01. The van der Waals surface area contributed by atoms with Gasteiger partial charge in [0.05, 0.1) is 34.4 Å². The van der Waals surface area contributed by atoms with Crippen molar-refractivity contribution in [3.8, 4) is 29.7 Å². The minimum Gasteiger partial charge on any atom is -0.479 e. The number of aromatic carboxylic acids is 2. The average Bonchev–Trinajstić information content (AvgIpc) is 4.01. The number of carboxylic acid groups (broad SMARTS) is 2. The van der Waals surface area contributed by atoms with Gasteiger partial charge in [0.15, 0.2) is 28.8 Å². The summed E-state index contributed by atoms with van der Waals surface area (Å²) in [7, 11) is 0. The van der Waals surface area contributed by atoms with Crippen LogP contribution in [0.1, 0.15) is 90.9 Å². The van der Waals surface area contributed by atoms with Crippen LogP contribution in [0.25, 0.3) is 22.4 Å². The molecule has 1 atom stereocenters. The molecule has 0 amide bonds. The number of aromatic hydroxyl groups is 1. The van der Waals surface area contributed by atoms with E-state index in [2.05, 4.69) is 60.7 Å². The minimum absolute atomic E-state index is 0.00628. The van der Waals surface area contributed by atoms with Gasteiger partial charge in [-0.2, -0.15) is 49.7 Å². The van der Waals surface area contributed by atoms with Crippen molar-refractivity contribution in [2.45, 2.75) is 58.5 Å². The average molecular weight is 851 g/mol. The highest BCUT2D eigenvalue weighted by molar-refractivity contribution is 6.32. The Morgan fingerprint density at radius 3 is 1.97 bits per heavy atom. The van der Waals surface area contributed by atoms with E-state index in [0.29, 0.717) is 22.6 Å². The van der Waals surface area contributed by atoms with E-state index in [4.69, 9.17) is 18.0 Å². The summed E-state index contributed by atoms with van der Waals surface area (Å²) >= 11 is 0. The van der Waals surface area contributed by atoms with E-state index < -0.39 is 34.9 Å². The van der Waals surface area contributed by atoms with Gasteiger partial charge in [-0.25, -0.2) is 19.3 Å². The van der Waals surface area contributed by atoms with Crippen molar-refractivity contribution in [2.24, 2.45) is 25.6 Å². The lowest BCUT2D eigenvalue weighted by molar-refractivity contribution is -0.578. The second-order valence-corrected chi connectivity index (χ2v) is 15.8. The molecular formula is C39H36N19O5+. The van der Waals surface area contributed by atoms with Gasteiger partial charge >= 0.3 is 23.8 Å². The predicted octanol–water partition coefficient (Wildman–Crippen LogP) is 5.69. The lowest BCUT2D eigenvalue weighted by atomic mass is 9.91. The smallest absolute Gasteiger partial charge is 0.465 e. The first-order chi connectivity index (χ1) is 29.8. The number of aliphatic imine (C=N–C) groups is 1. The molecule has 4 aromatic heterocycles. The number of nitrogens with zero attached hydrogens (tertiary/aromatic N) is 17. The topological polar surface area (TPSA) is 332 Å². The Kier molecular flexibility index (Phi) is 10.6. The van der Waals surface area contributed by atoms with Gasteiger partial charge in [0.2, 0.25) is 0 Å². The molecule has 0 spiro atoms. The van der Waals surface area contributed by atoms with Crippen molar-refractivity contribution in [3.63, 3.8) is 0 Å². The van der Waals surface area contributed by atoms with Crippen LogP contribution < -0.4 is 11.5 Å². The summed E-state index contributed by atoms with van der Waals surface area (Å²) in [6.07, 6.45) is 1.65. The first kappa shape index (κ1) is 42.1. The maximum Gasteiger partial charge on any atom is 0.465 e. The van der Waals surface area contributed by atoms with E-state index in [0.717, 1.165) is 9.36 Å². The van der Waals surface area contributed by atoms with E-state index in [-0.39, 0.29) is 63.3 Å². The second-order valence-electron chi connectivity index (χ2n) is 15.8. The normalized spacial score (nSPS) is 14.2. The number of nitrogens with two attached hydrogens (primary N) is 2. The molecule has 1 aliphatic rings. The molecule has 0 aliphatic carbocycles. The lowest BCUT2D eigenvalue weighted by Gasteiger charge is -2.15. The number of carbonyl (C=O) groups is 2. The molecule has 1 unspecified atom stereocenters. The zero-order valence-electron chi connectivity index (χ0n) is 34.3. The van der Waals surface area contributed by atoms with Crippen LogP contribution in [0.5, 0.6) is 6.01 Å². The van der Waals surface area contributed by atoms with Crippen LogP contribution in [0, 0.1) is 17.9 Å². The molecule has 0 radical (unpaired) electrons. The molecule has 63 heavy (non-hydrogen) atoms. The Morgan fingerprint density at radius 2 is 1.41 bits per heavy atom. The van der Waals surface area contributed by atoms with Crippen molar-refractivity contribution < 1.29 is 29.6 Å². The van der Waals surface area contributed by atoms with Crippen LogP contribution in [0.3, 0.4) is 0 Å². The van der Waals surface area contributed by atoms with E-state index in [1.54, 1.807) is 18.2 Å². The van der Waals surface area contributed by atoms with Gasteiger partial charge in [0.1, 0.15) is 29.6 Å². The SMILES string of the molecule is [C-]#[N+]C1=[N+](N=Nc2c(C(C)(C)C)nn(-c3nc(O)nc(-n4nc(C(C)(C)C)c(N=Nc5c(C#N)cnn5-c5cccc(C(=O)O)c5)c4N)n3)c2N)C(c2cccc(C(=O)O)c2)N=C1. The molecule has 0 bridgehead atoms. The summed E-state index contributed by atoms with van der Waals surface area (Å²) in [6.45, 7) is 18.8. The standard InChI is InChI=1S/C39H35N19O5/c1-38(2,3)27-25(49-51-32-22(16-40)17-45-55(32)23-13-9-12-21(15-23)34(61)62)29(41)57(52-27)35-46-36(48-37(63)47-35)58-30(42)26(28(53-58)39(4,5)6)50-54-56-24(43-7)18-44-31(56)19-10-8-11-20(14-19)33(59)60/h8-15,17-18,31H,1-6H3,(H6-,41,42,44,45,46,47,48,51,52,53,54,59,60,61,62,63)/p+1. The molecule has 316 valence electrons. The Balaban J connectivity index is 1.30. The molecule has 1 aliphatic heterocycles. The van der Waals surface area contributed by atoms with E-state index in [9.17, 15) is 30.2 Å². The van der Waals surface area contributed by atoms with Gasteiger partial charge < -0.3 is 26.8 Å². The number of carboxylic acids is 2. The molecule has 0 saturated carbocycles. The third-order valence-corrected chi connectivity index (χ3v) is 9.22. The molecule has 24 heteroatoms. The fraction of sp³-hybridized carbons (Fsp3) is 0.231. The Morgan fingerprint density at radius 1 is 0.841 bits per heavy atom. The molecule has 2 aromatic carbocycles. The largest absolute Gasteiger partial charge is 0.479 e. The maximum atomic E-state index is 11.7. The first-order valence-corrected chi connectivity index (χ1v) is 18.6. The fourth-order valence-electron chi connectivity index (χ4n) is 6.18. The zero-order valence-corrected chi connectivity index (χ0v) is 34.3. The number of amidine groups is 1. The maximum absolute atomic E-state index is 11.7. The van der Waals surface area contributed by atoms with Gasteiger partial charge in [0, 0.05) is 16.4 Å². The van der Waals surface area contributed by atoms with E-state index in [1.807, 2.05) is 47.6 Å². The van der Waals surface area contributed by atoms with Gasteiger partial charge in [-0.1, -0.05) is 64.9 Å². The minimum atomic E-state index is -1.16. The number of benzene rings is 2. The number of nitrogen functional groups attached to an aromatic ring is 2. The molecule has 7 N–H and O–H groups in total. The number of hydrogen-bond donors (Lipinski definition) is 5. The summed E-state index contributed by atoms with van der Waals surface area (Å²) in [5, 5.41) is 70.8. The number of nitriles is 1. The summed E-state index contributed by atoms with van der Waals surface area (Å²) in [6, 6.07) is 13.2. The molecule has 0 saturated heterocycles. The van der Waals surface area contributed by atoms with Crippen LogP contribution in [-0.2, 0) is 10.8 Å². The Hall–Kier alpha value is -9.06. The highest BCUT2D eigenvalue weighted by Crippen LogP contribution is 2.40. The number of aromatic nitrogens is 9. The van der Waals surface area contributed by atoms with Crippen LogP contribution in [0.4, 0.5) is 28.8 Å². The number of rotatable bonds is 10. The predicted molar refractivity (Wildman–Crippen MR) is 222 cm³/mol. The summed E-state index contributed by atoms with van der Waals surface area (Å²) in [5.74, 6) is -3.11. The molecule has 5 heterocycles. The lowest BCUT2D eigenvalue weighted by Crippen LogP contribution is -2.16. The Labute approximate surface area is 356 Å². The van der Waals surface area contributed by atoms with Gasteiger partial charge in [-0.15, -0.1) is 10.2 Å². The number of azo groups is 1. The second kappa shape index (κ2) is 15.8. The summed E-state index contributed by atoms with van der Waals surface area (Å²) in [4.78, 5) is 43.9. The quantitative estimate of drug-likeness (QED) is 0.0628. The zero-order chi connectivity index (χ0) is 45.5. The molecule has 7 rings (SSSR count). The van der Waals surface area contributed by atoms with E-state index in [1.165, 1.54) is 52.1 Å². The van der Waals surface area contributed by atoms with Crippen molar-refractivity contribution in [1.29, 1.82) is 5.26 Å². The van der Waals surface area contributed by atoms with Gasteiger partial charge in [0.25, 0.3) is 18.1 Å². The first-order valence-electron chi connectivity index (χ1n) is 18.6. The van der Waals surface area contributed by atoms with E-state index >= 15 is 0 Å². The van der Waals surface area contributed by atoms with Crippen LogP contribution in [0.15, 0.2) is 80.3 Å². The molecule has 24 nitrogen and oxygen atoms in total. The van der Waals surface area contributed by atoms with Crippen LogP contribution >= 0.6 is 0 Å². The van der Waals surface area contributed by atoms with Crippen molar-refractivity contribution in [1.82, 2.24) is 44.3 Å².